The molecule has 2 aromatic carbocycles. The highest BCUT2D eigenvalue weighted by Crippen LogP contribution is 2.45. The van der Waals surface area contributed by atoms with E-state index in [2.05, 4.69) is 0 Å². The van der Waals surface area contributed by atoms with E-state index in [9.17, 15) is 14.0 Å². The number of carbonyl (C=O) groups is 2. The lowest BCUT2D eigenvalue weighted by molar-refractivity contribution is 0.0628. The number of carbonyl (C=O) groups excluding carboxylic acids is 2. The molecule has 6 nitrogen and oxygen atoms in total. The van der Waals surface area contributed by atoms with E-state index < -0.39 is 17.6 Å². The zero-order valence-electron chi connectivity index (χ0n) is 14.0. The molecule has 1 heterocycles. The molecule has 0 bridgehead atoms. The Morgan fingerprint density at radius 2 is 1.76 bits per heavy atom. The highest BCUT2D eigenvalue weighted by atomic mass is 19.1. The van der Waals surface area contributed by atoms with Crippen molar-refractivity contribution >= 4 is 11.8 Å². The number of benzene rings is 2. The van der Waals surface area contributed by atoms with Crippen LogP contribution in [0.1, 0.15) is 26.3 Å². The van der Waals surface area contributed by atoms with Gasteiger partial charge < -0.3 is 14.2 Å². The first-order valence-corrected chi connectivity index (χ1v) is 7.46. The van der Waals surface area contributed by atoms with Crippen molar-refractivity contribution in [1.82, 2.24) is 4.90 Å². The minimum Gasteiger partial charge on any atom is -0.493 e. The van der Waals surface area contributed by atoms with Gasteiger partial charge in [0.1, 0.15) is 5.82 Å². The largest absolute Gasteiger partial charge is 0.493 e. The second-order valence-corrected chi connectivity index (χ2v) is 5.35. The third-order valence-corrected chi connectivity index (χ3v) is 4.07. The monoisotopic (exact) mass is 345 g/mol. The Morgan fingerprint density at radius 3 is 2.36 bits per heavy atom. The van der Waals surface area contributed by atoms with Crippen LogP contribution in [-0.2, 0) is 6.54 Å². The molecule has 0 unspecified atom stereocenters. The maximum Gasteiger partial charge on any atom is 0.264 e. The highest BCUT2D eigenvalue weighted by Gasteiger charge is 2.38. The van der Waals surface area contributed by atoms with Crippen LogP contribution in [-0.4, -0.2) is 38.0 Å². The molecule has 0 saturated heterocycles. The van der Waals surface area contributed by atoms with Gasteiger partial charge in [-0.2, -0.15) is 0 Å². The standard InChI is InChI=1S/C18H16FNO5/c1-23-14-8-11-12(15(24-2)16(14)25-3)9-20(18(11)22)17(21)10-6-4-5-7-13(10)19/h4-8H,9H2,1-3H3. The Morgan fingerprint density at radius 1 is 1.08 bits per heavy atom. The van der Waals surface area contributed by atoms with Gasteiger partial charge in [-0.3, -0.25) is 14.5 Å². The molecule has 0 N–H and O–H groups in total. The molecule has 0 fully saturated rings. The van der Waals surface area contributed by atoms with Crippen LogP contribution < -0.4 is 14.2 Å². The van der Waals surface area contributed by atoms with Crippen LogP contribution in [0.2, 0.25) is 0 Å². The lowest BCUT2D eigenvalue weighted by atomic mass is 10.1. The summed E-state index contributed by atoms with van der Waals surface area (Å²) in [5.74, 6) is -0.974. The van der Waals surface area contributed by atoms with Crippen LogP contribution in [0.15, 0.2) is 30.3 Å². The SMILES string of the molecule is COc1cc2c(c(OC)c1OC)CN(C(=O)c1ccccc1F)C2=O. The summed E-state index contributed by atoms with van der Waals surface area (Å²) >= 11 is 0. The molecule has 25 heavy (non-hydrogen) atoms. The molecule has 0 saturated carbocycles. The second kappa shape index (κ2) is 6.43. The fraction of sp³-hybridized carbons (Fsp3) is 0.222. The number of imide groups is 1. The Balaban J connectivity index is 2.07. The molecule has 2 aromatic rings. The van der Waals surface area contributed by atoms with E-state index in [4.69, 9.17) is 14.2 Å². The number of ether oxygens (including phenoxy) is 3. The van der Waals surface area contributed by atoms with Crippen molar-refractivity contribution in [1.29, 1.82) is 0 Å². The Bertz CT molecular complexity index is 865. The lowest BCUT2D eigenvalue weighted by Gasteiger charge is -2.15. The topological polar surface area (TPSA) is 65.1 Å². The molecule has 0 aliphatic carbocycles. The van der Waals surface area contributed by atoms with Gasteiger partial charge in [-0.05, 0) is 18.2 Å². The Labute approximate surface area is 143 Å². The van der Waals surface area contributed by atoms with Crippen molar-refractivity contribution in [2.45, 2.75) is 6.54 Å². The van der Waals surface area contributed by atoms with Crippen LogP contribution in [0.4, 0.5) is 4.39 Å². The predicted molar refractivity (Wildman–Crippen MR) is 86.7 cm³/mol. The molecule has 0 radical (unpaired) electrons. The van der Waals surface area contributed by atoms with Crippen LogP contribution in [0.5, 0.6) is 17.2 Å². The van der Waals surface area contributed by atoms with E-state index in [1.165, 1.54) is 51.7 Å². The number of nitrogens with zero attached hydrogens (tertiary/aromatic N) is 1. The average Bonchev–Trinajstić information content (AvgIpc) is 2.96. The molecule has 2 amide bonds. The van der Waals surface area contributed by atoms with Gasteiger partial charge in [-0.25, -0.2) is 4.39 Å². The average molecular weight is 345 g/mol. The first-order valence-electron chi connectivity index (χ1n) is 7.46. The smallest absolute Gasteiger partial charge is 0.264 e. The van der Waals surface area contributed by atoms with Crippen LogP contribution in [0.3, 0.4) is 0 Å². The van der Waals surface area contributed by atoms with Crippen LogP contribution >= 0.6 is 0 Å². The van der Waals surface area contributed by atoms with Gasteiger partial charge in [-0.1, -0.05) is 12.1 Å². The fourth-order valence-corrected chi connectivity index (χ4v) is 2.88. The summed E-state index contributed by atoms with van der Waals surface area (Å²) in [6, 6.07) is 7.02. The predicted octanol–water partition coefficient (Wildman–Crippen LogP) is 2.65. The zero-order chi connectivity index (χ0) is 18.1. The van der Waals surface area contributed by atoms with Crippen molar-refractivity contribution in [2.24, 2.45) is 0 Å². The van der Waals surface area contributed by atoms with Crippen LogP contribution in [0, 0.1) is 5.82 Å². The van der Waals surface area contributed by atoms with Crippen molar-refractivity contribution < 1.29 is 28.2 Å². The number of methoxy groups -OCH3 is 3. The van der Waals surface area contributed by atoms with Gasteiger partial charge in [0.2, 0.25) is 5.75 Å². The molecular weight excluding hydrogens is 329 g/mol. The molecule has 3 rings (SSSR count). The highest BCUT2D eigenvalue weighted by molar-refractivity contribution is 6.13. The summed E-state index contributed by atoms with van der Waals surface area (Å²) in [5.41, 5.74) is 0.593. The van der Waals surface area contributed by atoms with E-state index in [-0.39, 0.29) is 17.7 Å². The Kier molecular flexibility index (Phi) is 4.31. The van der Waals surface area contributed by atoms with E-state index in [0.29, 0.717) is 22.8 Å². The first kappa shape index (κ1) is 16.8. The van der Waals surface area contributed by atoms with Gasteiger partial charge in [0, 0.05) is 5.56 Å². The van der Waals surface area contributed by atoms with E-state index in [1.807, 2.05) is 0 Å². The normalized spacial score (nSPS) is 12.8. The summed E-state index contributed by atoms with van der Waals surface area (Å²) in [7, 11) is 4.32. The third kappa shape index (κ3) is 2.57. The third-order valence-electron chi connectivity index (χ3n) is 4.07. The van der Waals surface area contributed by atoms with Crippen molar-refractivity contribution in [3.63, 3.8) is 0 Å². The maximum atomic E-state index is 13.9. The number of hydrogen-bond donors (Lipinski definition) is 0. The van der Waals surface area contributed by atoms with Crippen LogP contribution in [0.25, 0.3) is 0 Å². The minimum atomic E-state index is -0.709. The molecule has 7 heteroatoms. The summed E-state index contributed by atoms with van der Waals surface area (Å²) in [6.07, 6.45) is 0. The summed E-state index contributed by atoms with van der Waals surface area (Å²) < 4.78 is 29.8. The number of amides is 2. The fourth-order valence-electron chi connectivity index (χ4n) is 2.88. The summed E-state index contributed by atoms with van der Waals surface area (Å²) in [4.78, 5) is 26.3. The molecule has 0 atom stereocenters. The van der Waals surface area contributed by atoms with Gasteiger partial charge in [0.15, 0.2) is 11.5 Å². The Hall–Kier alpha value is -3.09. The van der Waals surface area contributed by atoms with E-state index in [1.54, 1.807) is 0 Å². The molecule has 1 aliphatic heterocycles. The zero-order valence-corrected chi connectivity index (χ0v) is 14.0. The minimum absolute atomic E-state index is 0.0368. The quantitative estimate of drug-likeness (QED) is 0.797. The molecule has 0 aromatic heterocycles. The lowest BCUT2D eigenvalue weighted by Crippen LogP contribution is -2.31. The number of hydrogen-bond acceptors (Lipinski definition) is 5. The number of fused-ring (bicyclic) bond motifs is 1. The molecule has 130 valence electrons. The van der Waals surface area contributed by atoms with Crippen molar-refractivity contribution in [3.05, 3.63) is 52.8 Å². The molecule has 0 spiro atoms. The van der Waals surface area contributed by atoms with Gasteiger partial charge in [-0.15, -0.1) is 0 Å². The number of halogens is 1. The van der Waals surface area contributed by atoms with Gasteiger partial charge in [0.05, 0.1) is 39.0 Å². The van der Waals surface area contributed by atoms with E-state index in [0.717, 1.165) is 4.90 Å². The summed E-state index contributed by atoms with van der Waals surface area (Å²) in [5, 5.41) is 0. The van der Waals surface area contributed by atoms with E-state index >= 15 is 0 Å². The van der Waals surface area contributed by atoms with Crippen molar-refractivity contribution in [3.8, 4) is 17.2 Å². The summed E-state index contributed by atoms with van der Waals surface area (Å²) in [6.45, 7) is -0.0368. The maximum absolute atomic E-state index is 13.9. The van der Waals surface area contributed by atoms with Crippen molar-refractivity contribution in [2.75, 3.05) is 21.3 Å². The first-order chi connectivity index (χ1) is 12.0. The van der Waals surface area contributed by atoms with Gasteiger partial charge >= 0.3 is 0 Å². The van der Waals surface area contributed by atoms with Gasteiger partial charge in [0.25, 0.3) is 11.8 Å². The molecular formula is C18H16FNO5. The number of rotatable bonds is 4. The second-order valence-electron chi connectivity index (χ2n) is 5.35. The molecule has 1 aliphatic rings.